The molecule has 5 rings (SSSR count). The van der Waals surface area contributed by atoms with Crippen molar-refractivity contribution < 1.29 is 9.53 Å². The summed E-state index contributed by atoms with van der Waals surface area (Å²) < 4.78 is 8.97. The summed E-state index contributed by atoms with van der Waals surface area (Å²) in [4.78, 5) is 18.9. The molecule has 200 valence electrons. The first kappa shape index (κ1) is 26.9. The van der Waals surface area contributed by atoms with Crippen LogP contribution in [0.1, 0.15) is 48.1 Å². The normalized spacial score (nSPS) is 16.7. The fraction of sp³-hybridized carbons (Fsp3) is 0.233. The van der Waals surface area contributed by atoms with E-state index in [-0.39, 0.29) is 18.0 Å². The number of aryl methyl sites for hydroxylation is 1. The van der Waals surface area contributed by atoms with Crippen molar-refractivity contribution in [2.45, 2.75) is 39.3 Å². The fourth-order valence-corrected chi connectivity index (χ4v) is 5.81. The van der Waals surface area contributed by atoms with Gasteiger partial charge in [0.1, 0.15) is 5.75 Å². The zero-order valence-electron chi connectivity index (χ0n) is 22.2. The maximum absolute atomic E-state index is 12.1. The standard InChI is InChI=1S/C30H30BrN5O2S/c1-5-27(37)33-24-14-13-22(17-26(24)38-4)36-29(28(34-30(36)39)25-8-6-7-15-32-25)23-16-18(2)35(19(23)3)21-11-9-20(31)10-12-21/h6-17,28-29H,5H2,1-4H3,(H,33,37)(H,34,39)/t28-,29+/m0/s1. The summed E-state index contributed by atoms with van der Waals surface area (Å²) in [5.41, 5.74) is 6.86. The van der Waals surface area contributed by atoms with Gasteiger partial charge in [0.25, 0.3) is 0 Å². The predicted octanol–water partition coefficient (Wildman–Crippen LogP) is 6.79. The van der Waals surface area contributed by atoms with Gasteiger partial charge in [0.15, 0.2) is 5.11 Å². The molecule has 3 heterocycles. The summed E-state index contributed by atoms with van der Waals surface area (Å²) >= 11 is 9.48. The van der Waals surface area contributed by atoms with E-state index in [0.29, 0.717) is 23.0 Å². The van der Waals surface area contributed by atoms with E-state index in [0.717, 1.165) is 38.5 Å². The van der Waals surface area contributed by atoms with E-state index in [4.69, 9.17) is 17.0 Å². The minimum Gasteiger partial charge on any atom is -0.494 e. The molecule has 2 atom stereocenters. The first-order valence-corrected chi connectivity index (χ1v) is 14.0. The lowest BCUT2D eigenvalue weighted by Crippen LogP contribution is -2.29. The maximum atomic E-state index is 12.1. The molecular weight excluding hydrogens is 574 g/mol. The van der Waals surface area contributed by atoms with Crippen molar-refractivity contribution >= 4 is 50.5 Å². The second kappa shape index (κ2) is 11.2. The molecule has 0 unspecified atom stereocenters. The van der Waals surface area contributed by atoms with Gasteiger partial charge in [-0.05, 0) is 86.2 Å². The molecule has 0 spiro atoms. The van der Waals surface area contributed by atoms with Crippen LogP contribution < -0.4 is 20.3 Å². The molecule has 0 aliphatic carbocycles. The number of amides is 1. The van der Waals surface area contributed by atoms with Crippen LogP contribution in [0.5, 0.6) is 5.75 Å². The smallest absolute Gasteiger partial charge is 0.224 e. The molecule has 1 aliphatic rings. The summed E-state index contributed by atoms with van der Waals surface area (Å²) in [5.74, 6) is 0.491. The number of methoxy groups -OCH3 is 1. The lowest BCUT2D eigenvalue weighted by Gasteiger charge is -2.29. The quantitative estimate of drug-likeness (QED) is 0.227. The van der Waals surface area contributed by atoms with Crippen LogP contribution in [0, 0.1) is 13.8 Å². The van der Waals surface area contributed by atoms with E-state index in [2.05, 4.69) is 73.1 Å². The molecule has 1 aliphatic heterocycles. The number of hydrogen-bond acceptors (Lipinski definition) is 4. The van der Waals surface area contributed by atoms with Crippen molar-refractivity contribution in [1.82, 2.24) is 14.9 Å². The number of nitrogens with one attached hydrogen (secondary N) is 2. The Balaban J connectivity index is 1.64. The van der Waals surface area contributed by atoms with E-state index in [1.165, 1.54) is 0 Å². The molecule has 1 saturated heterocycles. The SMILES string of the molecule is CCC(=O)Nc1ccc(N2C(=S)N[C@@H](c3ccccn3)[C@H]2c2cc(C)n(-c3ccc(Br)cc3)c2C)cc1OC. The van der Waals surface area contributed by atoms with Crippen molar-refractivity contribution in [3.8, 4) is 11.4 Å². The summed E-state index contributed by atoms with van der Waals surface area (Å²) in [6.45, 7) is 6.08. The zero-order chi connectivity index (χ0) is 27.7. The second-order valence-corrected chi connectivity index (χ2v) is 10.7. The van der Waals surface area contributed by atoms with Gasteiger partial charge in [-0.1, -0.05) is 28.9 Å². The molecule has 1 amide bonds. The van der Waals surface area contributed by atoms with Crippen LogP contribution in [0.25, 0.3) is 5.69 Å². The number of aromatic nitrogens is 2. The average molecular weight is 605 g/mol. The lowest BCUT2D eigenvalue weighted by atomic mass is 9.96. The van der Waals surface area contributed by atoms with E-state index in [9.17, 15) is 4.79 Å². The highest BCUT2D eigenvalue weighted by Crippen LogP contribution is 2.45. The van der Waals surface area contributed by atoms with E-state index < -0.39 is 0 Å². The predicted molar refractivity (Wildman–Crippen MR) is 163 cm³/mol. The Bertz CT molecular complexity index is 1520. The third-order valence-corrected chi connectivity index (χ3v) is 7.87. The third kappa shape index (κ3) is 5.16. The number of anilines is 2. The van der Waals surface area contributed by atoms with Gasteiger partial charge in [0.05, 0.1) is 30.6 Å². The monoisotopic (exact) mass is 603 g/mol. The van der Waals surface area contributed by atoms with Gasteiger partial charge in [0.2, 0.25) is 5.91 Å². The van der Waals surface area contributed by atoms with Crippen LogP contribution in [0.3, 0.4) is 0 Å². The number of hydrogen-bond donors (Lipinski definition) is 2. The van der Waals surface area contributed by atoms with Crippen molar-refractivity contribution in [3.63, 3.8) is 0 Å². The Hall–Kier alpha value is -3.69. The van der Waals surface area contributed by atoms with Gasteiger partial charge in [-0.15, -0.1) is 0 Å². The van der Waals surface area contributed by atoms with Crippen LogP contribution in [0.4, 0.5) is 11.4 Å². The Morgan fingerprint density at radius 3 is 2.51 bits per heavy atom. The molecule has 9 heteroatoms. The summed E-state index contributed by atoms with van der Waals surface area (Å²) in [6, 6.07) is 21.9. The van der Waals surface area contributed by atoms with E-state index in [1.54, 1.807) is 13.3 Å². The highest BCUT2D eigenvalue weighted by atomic mass is 79.9. The van der Waals surface area contributed by atoms with Gasteiger partial charge in [-0.25, -0.2) is 0 Å². The molecule has 2 N–H and O–H groups in total. The minimum absolute atomic E-state index is 0.0760. The average Bonchev–Trinajstić information content (AvgIpc) is 3.44. The molecule has 0 bridgehead atoms. The van der Waals surface area contributed by atoms with Crippen LogP contribution in [-0.2, 0) is 4.79 Å². The summed E-state index contributed by atoms with van der Waals surface area (Å²) in [7, 11) is 1.60. The molecule has 2 aromatic carbocycles. The van der Waals surface area contributed by atoms with Crippen molar-refractivity contribution in [2.24, 2.45) is 0 Å². The number of thiocarbonyl (C=S) groups is 1. The molecule has 2 aromatic heterocycles. The summed E-state index contributed by atoms with van der Waals surface area (Å²) in [6.07, 6.45) is 2.19. The Kier molecular flexibility index (Phi) is 7.72. The van der Waals surface area contributed by atoms with Gasteiger partial charge >= 0.3 is 0 Å². The number of halogens is 1. The molecule has 0 saturated carbocycles. The number of pyridine rings is 1. The minimum atomic E-state index is -0.178. The number of carbonyl (C=O) groups excluding carboxylic acids is 1. The Labute approximate surface area is 242 Å². The Morgan fingerprint density at radius 2 is 1.85 bits per heavy atom. The van der Waals surface area contributed by atoms with Crippen molar-refractivity contribution in [2.75, 3.05) is 17.3 Å². The molecule has 7 nitrogen and oxygen atoms in total. The Morgan fingerprint density at radius 1 is 1.10 bits per heavy atom. The van der Waals surface area contributed by atoms with Gasteiger partial charge in [-0.3, -0.25) is 9.78 Å². The van der Waals surface area contributed by atoms with Gasteiger partial charge in [0, 0.05) is 45.9 Å². The molecule has 4 aromatic rings. The number of carbonyl (C=O) groups is 1. The largest absolute Gasteiger partial charge is 0.494 e. The third-order valence-electron chi connectivity index (χ3n) is 7.03. The van der Waals surface area contributed by atoms with Crippen molar-refractivity contribution in [3.05, 3.63) is 100 Å². The van der Waals surface area contributed by atoms with E-state index in [1.807, 2.05) is 55.5 Å². The highest BCUT2D eigenvalue weighted by molar-refractivity contribution is 9.10. The number of nitrogens with zero attached hydrogens (tertiary/aromatic N) is 3. The first-order valence-electron chi connectivity index (χ1n) is 12.8. The number of rotatable bonds is 7. The molecular formula is C30H30BrN5O2S. The topological polar surface area (TPSA) is 71.4 Å². The highest BCUT2D eigenvalue weighted by Gasteiger charge is 2.42. The van der Waals surface area contributed by atoms with Crippen molar-refractivity contribution in [1.29, 1.82) is 0 Å². The molecule has 1 fully saturated rings. The number of ether oxygens (including phenoxy) is 1. The molecule has 0 radical (unpaired) electrons. The maximum Gasteiger partial charge on any atom is 0.224 e. The van der Waals surface area contributed by atoms with Crippen LogP contribution >= 0.6 is 28.1 Å². The molecule has 39 heavy (non-hydrogen) atoms. The van der Waals surface area contributed by atoms with E-state index >= 15 is 0 Å². The zero-order valence-corrected chi connectivity index (χ0v) is 24.6. The van der Waals surface area contributed by atoms with Gasteiger partial charge < -0.3 is 24.8 Å². The van der Waals surface area contributed by atoms with Crippen LogP contribution in [-0.4, -0.2) is 27.7 Å². The first-order chi connectivity index (χ1) is 18.8. The number of benzene rings is 2. The second-order valence-electron chi connectivity index (χ2n) is 9.42. The van der Waals surface area contributed by atoms with Gasteiger partial charge in [-0.2, -0.15) is 0 Å². The van der Waals surface area contributed by atoms with Crippen LogP contribution in [0.2, 0.25) is 0 Å². The van der Waals surface area contributed by atoms with Crippen LogP contribution in [0.15, 0.2) is 77.4 Å². The fourth-order valence-electron chi connectivity index (χ4n) is 5.20. The summed E-state index contributed by atoms with van der Waals surface area (Å²) in [5, 5.41) is 7.04. The lowest BCUT2D eigenvalue weighted by molar-refractivity contribution is -0.115.